The van der Waals surface area contributed by atoms with Gasteiger partial charge in [-0.25, -0.2) is 8.42 Å². The third-order valence-corrected chi connectivity index (χ3v) is 6.97. The Morgan fingerprint density at radius 3 is 2.79 bits per heavy atom. The molecule has 0 N–H and O–H groups in total. The number of rotatable bonds is 8. The first-order valence-corrected chi connectivity index (χ1v) is 11.5. The number of fused-ring (bicyclic) bond motifs is 1. The van der Waals surface area contributed by atoms with E-state index in [1.807, 2.05) is 49.4 Å². The standard InChI is InChI=1S/C21H26ClNO4S/c1-2-3-12-28(24,25)23-10-11-27-21-9-8-17(13-19(21)14-23)15-26-16-18-6-4-5-7-20(18)22/h4-9,13H,2-3,10-12,14-16H2,1H3. The second-order valence-electron chi connectivity index (χ2n) is 6.88. The number of ether oxygens (including phenoxy) is 2. The number of hydrogen-bond acceptors (Lipinski definition) is 4. The Balaban J connectivity index is 1.67. The SMILES string of the molecule is CCCCS(=O)(=O)N1CCOc2ccc(COCc3ccccc3Cl)cc2C1. The van der Waals surface area contributed by atoms with Gasteiger partial charge in [0.15, 0.2) is 0 Å². The van der Waals surface area contributed by atoms with E-state index >= 15 is 0 Å². The molecule has 152 valence electrons. The van der Waals surface area contributed by atoms with E-state index in [-0.39, 0.29) is 5.75 Å². The second-order valence-corrected chi connectivity index (χ2v) is 9.37. The monoisotopic (exact) mass is 423 g/mol. The van der Waals surface area contributed by atoms with E-state index in [1.54, 1.807) is 0 Å². The van der Waals surface area contributed by atoms with E-state index in [2.05, 4.69) is 0 Å². The molecule has 5 nitrogen and oxygen atoms in total. The van der Waals surface area contributed by atoms with Crippen LogP contribution >= 0.6 is 11.6 Å². The largest absolute Gasteiger partial charge is 0.492 e. The molecule has 2 aromatic carbocycles. The van der Waals surface area contributed by atoms with Crippen LogP contribution in [-0.4, -0.2) is 31.6 Å². The van der Waals surface area contributed by atoms with Gasteiger partial charge in [0.25, 0.3) is 0 Å². The summed E-state index contributed by atoms with van der Waals surface area (Å²) < 4.78 is 38.3. The Hall–Kier alpha value is -1.60. The summed E-state index contributed by atoms with van der Waals surface area (Å²) in [5.74, 6) is 0.919. The van der Waals surface area contributed by atoms with Crippen LogP contribution in [0.15, 0.2) is 42.5 Å². The molecule has 0 aromatic heterocycles. The topological polar surface area (TPSA) is 55.8 Å². The van der Waals surface area contributed by atoms with E-state index in [1.165, 1.54) is 4.31 Å². The van der Waals surface area contributed by atoms with Crippen LogP contribution in [0, 0.1) is 0 Å². The average molecular weight is 424 g/mol. The lowest BCUT2D eigenvalue weighted by atomic mass is 10.1. The van der Waals surface area contributed by atoms with Crippen molar-refractivity contribution >= 4 is 21.6 Å². The normalized spacial score (nSPS) is 14.9. The van der Waals surface area contributed by atoms with Crippen LogP contribution in [0.1, 0.15) is 36.5 Å². The summed E-state index contributed by atoms with van der Waals surface area (Å²) in [6.07, 6.45) is 1.52. The number of benzene rings is 2. The molecule has 1 heterocycles. The van der Waals surface area contributed by atoms with Crippen LogP contribution in [0.4, 0.5) is 0 Å². The molecule has 0 fully saturated rings. The Kier molecular flexibility index (Phi) is 7.35. The van der Waals surface area contributed by atoms with Crippen LogP contribution in [-0.2, 0) is 34.5 Å². The second kappa shape index (κ2) is 9.74. The highest BCUT2D eigenvalue weighted by molar-refractivity contribution is 7.89. The lowest BCUT2D eigenvalue weighted by molar-refractivity contribution is 0.107. The summed E-state index contributed by atoms with van der Waals surface area (Å²) in [6.45, 7) is 3.90. The van der Waals surface area contributed by atoms with Crippen molar-refractivity contribution in [1.82, 2.24) is 4.31 Å². The van der Waals surface area contributed by atoms with Gasteiger partial charge < -0.3 is 9.47 Å². The van der Waals surface area contributed by atoms with Crippen LogP contribution in [0.3, 0.4) is 0 Å². The van der Waals surface area contributed by atoms with Gasteiger partial charge in [0, 0.05) is 23.7 Å². The number of halogens is 1. The van der Waals surface area contributed by atoms with Crippen LogP contribution in [0.2, 0.25) is 5.02 Å². The predicted molar refractivity (Wildman–Crippen MR) is 111 cm³/mol. The van der Waals surface area contributed by atoms with Crippen molar-refractivity contribution in [2.75, 3.05) is 18.9 Å². The first-order valence-electron chi connectivity index (χ1n) is 9.53. The van der Waals surface area contributed by atoms with Crippen molar-refractivity contribution in [3.63, 3.8) is 0 Å². The zero-order valence-electron chi connectivity index (χ0n) is 16.1. The lowest BCUT2D eigenvalue weighted by Gasteiger charge is -2.19. The molecule has 0 aliphatic carbocycles. The summed E-state index contributed by atoms with van der Waals surface area (Å²) in [4.78, 5) is 0. The molecule has 0 bridgehead atoms. The van der Waals surface area contributed by atoms with E-state index in [9.17, 15) is 8.42 Å². The molecule has 0 radical (unpaired) electrons. The molecule has 2 aromatic rings. The Bertz CT molecular complexity index is 901. The van der Waals surface area contributed by atoms with Crippen LogP contribution < -0.4 is 4.74 Å². The van der Waals surface area contributed by atoms with Gasteiger partial charge in [0.2, 0.25) is 10.0 Å². The predicted octanol–water partition coefficient (Wildman–Crippen LogP) is 4.38. The fraction of sp³-hybridized carbons (Fsp3) is 0.429. The smallest absolute Gasteiger partial charge is 0.214 e. The third-order valence-electron chi connectivity index (χ3n) is 4.70. The molecule has 1 aliphatic rings. The zero-order chi connectivity index (χ0) is 20.0. The summed E-state index contributed by atoms with van der Waals surface area (Å²) in [7, 11) is -3.27. The maximum atomic E-state index is 12.6. The highest BCUT2D eigenvalue weighted by Crippen LogP contribution is 2.26. The molecule has 28 heavy (non-hydrogen) atoms. The first-order chi connectivity index (χ1) is 13.5. The number of hydrogen-bond donors (Lipinski definition) is 0. The number of unbranched alkanes of at least 4 members (excludes halogenated alkanes) is 1. The lowest BCUT2D eigenvalue weighted by Crippen LogP contribution is -2.34. The molecule has 7 heteroatoms. The first kappa shape index (κ1) is 21.1. The number of nitrogens with zero attached hydrogens (tertiary/aromatic N) is 1. The van der Waals surface area contributed by atoms with Crippen molar-refractivity contribution in [2.45, 2.75) is 39.5 Å². The van der Waals surface area contributed by atoms with Crippen molar-refractivity contribution in [1.29, 1.82) is 0 Å². The van der Waals surface area contributed by atoms with Gasteiger partial charge in [-0.1, -0.05) is 49.2 Å². The Morgan fingerprint density at radius 1 is 1.18 bits per heavy atom. The molecule has 0 saturated carbocycles. The van der Waals surface area contributed by atoms with Crippen molar-refractivity contribution < 1.29 is 17.9 Å². The highest BCUT2D eigenvalue weighted by atomic mass is 35.5. The third kappa shape index (κ3) is 5.47. The van der Waals surface area contributed by atoms with Gasteiger partial charge in [0.05, 0.1) is 19.0 Å². The molecular formula is C21H26ClNO4S. The van der Waals surface area contributed by atoms with E-state index < -0.39 is 10.0 Å². The van der Waals surface area contributed by atoms with Crippen molar-refractivity contribution in [3.8, 4) is 5.75 Å². The summed E-state index contributed by atoms with van der Waals surface area (Å²) in [5, 5.41) is 0.686. The minimum absolute atomic E-state index is 0.180. The Morgan fingerprint density at radius 2 is 2.00 bits per heavy atom. The zero-order valence-corrected chi connectivity index (χ0v) is 17.6. The molecule has 0 atom stereocenters. The van der Waals surface area contributed by atoms with Crippen LogP contribution in [0.5, 0.6) is 5.75 Å². The minimum Gasteiger partial charge on any atom is -0.492 e. The number of sulfonamides is 1. The summed E-state index contributed by atoms with van der Waals surface area (Å²) in [6, 6.07) is 13.4. The molecule has 3 rings (SSSR count). The summed E-state index contributed by atoms with van der Waals surface area (Å²) in [5.41, 5.74) is 2.79. The van der Waals surface area contributed by atoms with Gasteiger partial charge >= 0.3 is 0 Å². The molecule has 0 spiro atoms. The Labute approximate surface area is 172 Å². The summed E-state index contributed by atoms with van der Waals surface area (Å²) >= 11 is 6.15. The molecule has 0 amide bonds. The van der Waals surface area contributed by atoms with Gasteiger partial charge in [-0.3, -0.25) is 0 Å². The van der Waals surface area contributed by atoms with Gasteiger partial charge in [-0.05, 0) is 35.7 Å². The highest BCUT2D eigenvalue weighted by Gasteiger charge is 2.25. The fourth-order valence-corrected chi connectivity index (χ4v) is 4.89. The van der Waals surface area contributed by atoms with E-state index in [0.29, 0.717) is 44.4 Å². The molecule has 0 unspecified atom stereocenters. The molecule has 0 saturated heterocycles. The van der Waals surface area contributed by atoms with Crippen LogP contribution in [0.25, 0.3) is 0 Å². The minimum atomic E-state index is -3.27. The maximum Gasteiger partial charge on any atom is 0.214 e. The van der Waals surface area contributed by atoms with Gasteiger partial charge in [-0.15, -0.1) is 0 Å². The van der Waals surface area contributed by atoms with E-state index in [4.69, 9.17) is 21.1 Å². The molecule has 1 aliphatic heterocycles. The van der Waals surface area contributed by atoms with Gasteiger partial charge in [0.1, 0.15) is 12.4 Å². The van der Waals surface area contributed by atoms with Crippen molar-refractivity contribution in [2.24, 2.45) is 0 Å². The van der Waals surface area contributed by atoms with Crippen molar-refractivity contribution in [3.05, 3.63) is 64.2 Å². The average Bonchev–Trinajstić information content (AvgIpc) is 2.90. The maximum absolute atomic E-state index is 12.6. The van der Waals surface area contributed by atoms with Gasteiger partial charge in [-0.2, -0.15) is 4.31 Å². The van der Waals surface area contributed by atoms with E-state index in [0.717, 1.165) is 28.9 Å². The fourth-order valence-electron chi connectivity index (χ4n) is 3.10. The quantitative estimate of drug-likeness (QED) is 0.632. The molecular weight excluding hydrogens is 398 g/mol.